The Morgan fingerprint density at radius 3 is 2.31 bits per heavy atom. The number of hydrogen-bond acceptors (Lipinski definition) is 6. The minimum atomic E-state index is -0.581. The molecule has 4 rings (SSSR count). The molecule has 0 spiro atoms. The first-order valence-corrected chi connectivity index (χ1v) is 15.1. The molecule has 0 atom stereocenters. The number of rotatable bonds is 18. The van der Waals surface area contributed by atoms with Gasteiger partial charge in [-0.05, 0) is 72.4 Å². The molecule has 0 bridgehead atoms. The normalized spacial score (nSPS) is 11.2. The van der Waals surface area contributed by atoms with Gasteiger partial charge in [-0.15, -0.1) is 0 Å². The van der Waals surface area contributed by atoms with Crippen LogP contribution in [0, 0.1) is 0 Å². The first kappa shape index (κ1) is 31.2. The fourth-order valence-corrected chi connectivity index (χ4v) is 5.14. The number of aromatic hydroxyl groups is 1. The van der Waals surface area contributed by atoms with Crippen molar-refractivity contribution in [1.82, 2.24) is 5.32 Å². The molecule has 0 aromatic heterocycles. The van der Waals surface area contributed by atoms with Crippen molar-refractivity contribution in [2.24, 2.45) is 0 Å². The van der Waals surface area contributed by atoms with E-state index in [1.165, 1.54) is 5.56 Å². The van der Waals surface area contributed by atoms with Crippen LogP contribution >= 0.6 is 0 Å². The van der Waals surface area contributed by atoms with Crippen molar-refractivity contribution in [3.63, 3.8) is 0 Å². The van der Waals surface area contributed by atoms with Crippen molar-refractivity contribution in [2.45, 2.75) is 64.7 Å². The van der Waals surface area contributed by atoms with E-state index in [0.717, 1.165) is 86.8 Å². The lowest BCUT2D eigenvalue weighted by Crippen LogP contribution is -2.18. The number of phenolic OH excluding ortho intramolecular Hbond substituents is 1. The SMILES string of the molecule is O=C(OCc1cccc(CO)c1CNCCCCCCOCCCCc1ccccc1)c1ccc2ccccc2c1O. The number of aliphatic hydroxyl groups is 1. The van der Waals surface area contributed by atoms with Gasteiger partial charge in [-0.25, -0.2) is 4.79 Å². The van der Waals surface area contributed by atoms with E-state index in [4.69, 9.17) is 9.47 Å². The molecule has 6 heteroatoms. The number of unbranched alkanes of at least 4 members (excludes halogenated alkanes) is 4. The standard InChI is InChI=1S/C36H43NO5/c38-26-30-17-12-18-31(27-42-36(40)33-21-20-29-16-6-7-19-32(29)35(33)39)34(30)25-37-22-9-1-2-10-23-41-24-11-8-15-28-13-4-3-5-14-28/h3-7,12-14,16-21,37-39H,1-2,8-11,15,22-27H2. The second kappa shape index (κ2) is 17.3. The summed E-state index contributed by atoms with van der Waals surface area (Å²) < 4.78 is 11.4. The maximum absolute atomic E-state index is 12.8. The topological polar surface area (TPSA) is 88.0 Å². The zero-order valence-electron chi connectivity index (χ0n) is 24.4. The van der Waals surface area contributed by atoms with E-state index in [1.807, 2.05) is 36.4 Å². The second-order valence-electron chi connectivity index (χ2n) is 10.6. The smallest absolute Gasteiger partial charge is 0.342 e. The lowest BCUT2D eigenvalue weighted by atomic mass is 10.0. The predicted molar refractivity (Wildman–Crippen MR) is 167 cm³/mol. The molecule has 0 radical (unpaired) electrons. The zero-order valence-corrected chi connectivity index (χ0v) is 24.4. The van der Waals surface area contributed by atoms with Crippen LogP contribution in [0.3, 0.4) is 0 Å². The highest BCUT2D eigenvalue weighted by molar-refractivity contribution is 6.01. The van der Waals surface area contributed by atoms with Crippen LogP contribution in [-0.2, 0) is 35.7 Å². The summed E-state index contributed by atoms with van der Waals surface area (Å²) in [6.45, 7) is 3.07. The molecule has 0 heterocycles. The minimum Gasteiger partial charge on any atom is -0.506 e. The maximum atomic E-state index is 12.8. The van der Waals surface area contributed by atoms with E-state index in [-0.39, 0.29) is 24.5 Å². The molecule has 0 aliphatic rings. The van der Waals surface area contributed by atoms with Gasteiger partial charge in [-0.2, -0.15) is 0 Å². The van der Waals surface area contributed by atoms with Crippen molar-refractivity contribution in [3.8, 4) is 5.75 Å². The Kier molecular flexibility index (Phi) is 12.9. The van der Waals surface area contributed by atoms with E-state index in [9.17, 15) is 15.0 Å². The van der Waals surface area contributed by atoms with E-state index in [2.05, 4.69) is 35.6 Å². The monoisotopic (exact) mass is 569 g/mol. The van der Waals surface area contributed by atoms with E-state index in [0.29, 0.717) is 11.9 Å². The van der Waals surface area contributed by atoms with Crippen LogP contribution in [0.5, 0.6) is 5.75 Å². The molecule has 4 aromatic rings. The number of ether oxygens (including phenoxy) is 2. The molecule has 0 aliphatic heterocycles. The Morgan fingerprint density at radius 1 is 0.738 bits per heavy atom. The summed E-state index contributed by atoms with van der Waals surface area (Å²) in [5.41, 5.74) is 4.12. The third-order valence-electron chi connectivity index (χ3n) is 7.56. The molecule has 0 amide bonds. The van der Waals surface area contributed by atoms with Crippen LogP contribution in [0.1, 0.15) is 71.1 Å². The van der Waals surface area contributed by atoms with Crippen LogP contribution in [0.15, 0.2) is 84.9 Å². The third-order valence-corrected chi connectivity index (χ3v) is 7.56. The molecule has 3 N–H and O–H groups in total. The van der Waals surface area contributed by atoms with Crippen molar-refractivity contribution >= 4 is 16.7 Å². The molecular formula is C36H43NO5. The summed E-state index contributed by atoms with van der Waals surface area (Å²) in [5.74, 6) is -0.655. The van der Waals surface area contributed by atoms with Gasteiger partial charge in [0.15, 0.2) is 0 Å². The number of carbonyl (C=O) groups is 1. The highest BCUT2D eigenvalue weighted by Crippen LogP contribution is 2.29. The predicted octanol–water partition coefficient (Wildman–Crippen LogP) is 7.08. The van der Waals surface area contributed by atoms with Gasteiger partial charge in [0.25, 0.3) is 0 Å². The maximum Gasteiger partial charge on any atom is 0.342 e. The van der Waals surface area contributed by atoms with Crippen LogP contribution in [0.25, 0.3) is 10.8 Å². The van der Waals surface area contributed by atoms with E-state index >= 15 is 0 Å². The molecule has 222 valence electrons. The van der Waals surface area contributed by atoms with Gasteiger partial charge in [0.1, 0.15) is 17.9 Å². The highest BCUT2D eigenvalue weighted by Gasteiger charge is 2.16. The fraction of sp³-hybridized carbons (Fsp3) is 0.361. The molecule has 0 unspecified atom stereocenters. The average Bonchev–Trinajstić information content (AvgIpc) is 3.03. The number of nitrogens with one attached hydrogen (secondary N) is 1. The Balaban J connectivity index is 1.12. The average molecular weight is 570 g/mol. The van der Waals surface area contributed by atoms with Gasteiger partial charge in [-0.3, -0.25) is 0 Å². The Bertz CT molecular complexity index is 1390. The van der Waals surface area contributed by atoms with Crippen LogP contribution in [0.4, 0.5) is 0 Å². The van der Waals surface area contributed by atoms with E-state index < -0.39 is 5.97 Å². The van der Waals surface area contributed by atoms with Crippen molar-refractivity contribution in [2.75, 3.05) is 19.8 Å². The molecule has 0 fully saturated rings. The molecular weight excluding hydrogens is 526 g/mol. The molecule has 0 saturated heterocycles. The van der Waals surface area contributed by atoms with Crippen molar-refractivity contribution in [3.05, 3.63) is 113 Å². The van der Waals surface area contributed by atoms with Gasteiger partial charge in [-0.1, -0.05) is 91.7 Å². The van der Waals surface area contributed by atoms with Gasteiger partial charge < -0.3 is 25.0 Å². The van der Waals surface area contributed by atoms with Crippen molar-refractivity contribution < 1.29 is 24.5 Å². The number of carbonyl (C=O) groups excluding carboxylic acids is 1. The molecule has 0 saturated carbocycles. The van der Waals surface area contributed by atoms with E-state index in [1.54, 1.807) is 18.2 Å². The van der Waals surface area contributed by atoms with Gasteiger partial charge in [0, 0.05) is 25.1 Å². The number of esters is 1. The number of phenols is 1. The summed E-state index contributed by atoms with van der Waals surface area (Å²) >= 11 is 0. The van der Waals surface area contributed by atoms with Gasteiger partial charge in [0.2, 0.25) is 0 Å². The molecule has 6 nitrogen and oxygen atoms in total. The number of aliphatic hydroxyl groups excluding tert-OH is 1. The number of fused-ring (bicyclic) bond motifs is 1. The second-order valence-corrected chi connectivity index (χ2v) is 10.6. The molecule has 42 heavy (non-hydrogen) atoms. The molecule has 4 aromatic carbocycles. The minimum absolute atomic E-state index is 0.0577. The molecule has 0 aliphatic carbocycles. The number of hydrogen-bond donors (Lipinski definition) is 3. The lowest BCUT2D eigenvalue weighted by molar-refractivity contribution is 0.0468. The quantitative estimate of drug-likeness (QED) is 0.0876. The first-order chi connectivity index (χ1) is 20.7. The van der Waals surface area contributed by atoms with Gasteiger partial charge >= 0.3 is 5.97 Å². The summed E-state index contributed by atoms with van der Waals surface area (Å²) in [7, 11) is 0. The summed E-state index contributed by atoms with van der Waals surface area (Å²) in [4.78, 5) is 12.8. The summed E-state index contributed by atoms with van der Waals surface area (Å²) in [6.07, 6.45) is 7.78. The fourth-order valence-electron chi connectivity index (χ4n) is 5.14. The largest absolute Gasteiger partial charge is 0.506 e. The third kappa shape index (κ3) is 9.41. The summed E-state index contributed by atoms with van der Waals surface area (Å²) in [5, 5.41) is 25.5. The highest BCUT2D eigenvalue weighted by atomic mass is 16.5. The number of benzene rings is 4. The summed E-state index contributed by atoms with van der Waals surface area (Å²) in [6, 6.07) is 27.0. The first-order valence-electron chi connectivity index (χ1n) is 15.1. The van der Waals surface area contributed by atoms with Gasteiger partial charge in [0.05, 0.1) is 6.61 Å². The lowest BCUT2D eigenvalue weighted by Gasteiger charge is -2.15. The Hall–Kier alpha value is -3.71. The Labute approximate surface area is 249 Å². The van der Waals surface area contributed by atoms with Crippen LogP contribution in [0.2, 0.25) is 0 Å². The van der Waals surface area contributed by atoms with Crippen LogP contribution in [-0.4, -0.2) is 35.9 Å². The number of aryl methyl sites for hydroxylation is 1. The Morgan fingerprint density at radius 2 is 1.48 bits per heavy atom. The van der Waals surface area contributed by atoms with Crippen molar-refractivity contribution in [1.29, 1.82) is 0 Å². The van der Waals surface area contributed by atoms with Crippen LogP contribution < -0.4 is 5.32 Å². The zero-order chi connectivity index (χ0) is 29.4.